The second-order valence-corrected chi connectivity index (χ2v) is 7.77. The summed E-state index contributed by atoms with van der Waals surface area (Å²) in [6.45, 7) is 4.45. The molecule has 2 aromatic carbocycles. The summed E-state index contributed by atoms with van der Waals surface area (Å²) < 4.78 is 7.48. The monoisotopic (exact) mass is 401 g/mol. The number of hydrogen-bond acceptors (Lipinski definition) is 5. The van der Waals surface area contributed by atoms with E-state index >= 15 is 0 Å². The van der Waals surface area contributed by atoms with Crippen LogP contribution in [0.3, 0.4) is 0 Å². The number of hydrogen-bond donors (Lipinski definition) is 0. The summed E-state index contributed by atoms with van der Waals surface area (Å²) in [7, 11) is 0. The van der Waals surface area contributed by atoms with Crippen molar-refractivity contribution in [2.24, 2.45) is 0 Å². The van der Waals surface area contributed by atoms with Crippen LogP contribution in [-0.2, 0) is 11.3 Å². The second-order valence-electron chi connectivity index (χ2n) is 7.77. The van der Waals surface area contributed by atoms with Crippen LogP contribution in [-0.4, -0.2) is 43.6 Å². The minimum atomic E-state index is 0.224. The molecule has 1 fully saturated rings. The Morgan fingerprint density at radius 3 is 2.63 bits per heavy atom. The smallest absolute Gasteiger partial charge is 0.258 e. The van der Waals surface area contributed by atoms with Crippen molar-refractivity contribution < 1.29 is 9.32 Å². The highest BCUT2D eigenvalue weighted by molar-refractivity contribution is 5.81. The third-order valence-corrected chi connectivity index (χ3v) is 5.63. The Balaban J connectivity index is 1.33. The van der Waals surface area contributed by atoms with Crippen molar-refractivity contribution in [3.63, 3.8) is 0 Å². The molecule has 0 aliphatic carbocycles. The van der Waals surface area contributed by atoms with Crippen molar-refractivity contribution in [3.8, 4) is 22.8 Å². The van der Waals surface area contributed by atoms with Crippen molar-refractivity contribution in [1.29, 1.82) is 0 Å². The van der Waals surface area contributed by atoms with Gasteiger partial charge in [-0.2, -0.15) is 4.98 Å². The van der Waals surface area contributed by atoms with Gasteiger partial charge >= 0.3 is 0 Å². The van der Waals surface area contributed by atoms with E-state index in [1.54, 1.807) is 6.33 Å². The summed E-state index contributed by atoms with van der Waals surface area (Å²) in [6.07, 6.45) is 4.52. The van der Waals surface area contributed by atoms with Gasteiger partial charge in [0.15, 0.2) is 0 Å². The van der Waals surface area contributed by atoms with E-state index in [0.717, 1.165) is 48.1 Å². The molecule has 1 aliphatic heterocycles. The molecule has 0 saturated carbocycles. The standard InChI is InChI=1S/C23H23N5O2/c1-16-4-6-17(7-5-16)23-25-22(26-30-23)18-8-9-20-19(14-18)24-15-28(20)13-10-21(29)27-11-2-3-12-27/h4-9,14-15H,2-3,10-13H2,1H3. The minimum absolute atomic E-state index is 0.224. The molecule has 5 rings (SSSR count). The zero-order valence-corrected chi connectivity index (χ0v) is 16.9. The van der Waals surface area contributed by atoms with Crippen LogP contribution in [0.25, 0.3) is 33.9 Å². The Morgan fingerprint density at radius 1 is 1.07 bits per heavy atom. The first-order valence-electron chi connectivity index (χ1n) is 10.3. The molecule has 7 nitrogen and oxygen atoms in total. The maximum absolute atomic E-state index is 12.3. The van der Waals surface area contributed by atoms with Gasteiger partial charge in [0.25, 0.3) is 5.89 Å². The maximum atomic E-state index is 12.3. The molecular weight excluding hydrogens is 378 g/mol. The number of aromatic nitrogens is 4. The molecule has 0 radical (unpaired) electrons. The van der Waals surface area contributed by atoms with Crippen LogP contribution >= 0.6 is 0 Å². The number of rotatable bonds is 5. The Hall–Kier alpha value is -3.48. The molecule has 0 N–H and O–H groups in total. The quantitative estimate of drug-likeness (QED) is 0.504. The number of nitrogens with zero attached hydrogens (tertiary/aromatic N) is 5. The van der Waals surface area contributed by atoms with Gasteiger partial charge in [-0.25, -0.2) is 4.98 Å². The zero-order valence-electron chi connectivity index (χ0n) is 16.9. The van der Waals surface area contributed by atoms with Crippen LogP contribution in [0.5, 0.6) is 0 Å². The molecule has 0 bridgehead atoms. The number of fused-ring (bicyclic) bond motifs is 1. The predicted molar refractivity (Wildman–Crippen MR) is 114 cm³/mol. The van der Waals surface area contributed by atoms with Crippen molar-refractivity contribution in [3.05, 3.63) is 54.4 Å². The first-order valence-corrected chi connectivity index (χ1v) is 10.3. The van der Waals surface area contributed by atoms with Gasteiger partial charge in [0.2, 0.25) is 11.7 Å². The molecule has 4 aromatic rings. The zero-order chi connectivity index (χ0) is 20.5. The molecule has 1 amide bonds. The lowest BCUT2D eigenvalue weighted by atomic mass is 10.1. The predicted octanol–water partition coefficient (Wildman–Crippen LogP) is 4.07. The highest BCUT2D eigenvalue weighted by atomic mass is 16.5. The number of benzene rings is 2. The lowest BCUT2D eigenvalue weighted by molar-refractivity contribution is -0.130. The molecule has 2 aromatic heterocycles. The van der Waals surface area contributed by atoms with Gasteiger partial charge in [0.1, 0.15) is 0 Å². The Bertz CT molecular complexity index is 1190. The van der Waals surface area contributed by atoms with Crippen LogP contribution in [0, 0.1) is 6.92 Å². The molecule has 30 heavy (non-hydrogen) atoms. The highest BCUT2D eigenvalue weighted by Gasteiger charge is 2.18. The minimum Gasteiger partial charge on any atom is -0.343 e. The average molecular weight is 401 g/mol. The average Bonchev–Trinajstić information content (AvgIpc) is 3.53. The Kier molecular flexibility index (Phi) is 4.78. The summed E-state index contributed by atoms with van der Waals surface area (Å²) in [5.74, 6) is 1.25. The summed E-state index contributed by atoms with van der Waals surface area (Å²) in [5.41, 5.74) is 4.77. The lowest BCUT2D eigenvalue weighted by Crippen LogP contribution is -2.28. The van der Waals surface area contributed by atoms with Gasteiger partial charge in [-0.15, -0.1) is 0 Å². The summed E-state index contributed by atoms with van der Waals surface area (Å²) >= 11 is 0. The number of carbonyl (C=O) groups excluding carboxylic acids is 1. The SMILES string of the molecule is Cc1ccc(-c2nc(-c3ccc4c(c3)ncn4CCC(=O)N3CCCC3)no2)cc1. The molecule has 0 spiro atoms. The molecule has 152 valence electrons. The van der Waals surface area contributed by atoms with E-state index in [4.69, 9.17) is 4.52 Å². The first kappa shape index (κ1) is 18.5. The molecule has 1 aliphatic rings. The Labute approximate surface area is 174 Å². The summed E-state index contributed by atoms with van der Waals surface area (Å²) in [5, 5.41) is 4.13. The van der Waals surface area contributed by atoms with E-state index in [9.17, 15) is 4.79 Å². The van der Waals surface area contributed by atoms with Crippen molar-refractivity contribution in [2.45, 2.75) is 32.7 Å². The van der Waals surface area contributed by atoms with Crippen LogP contribution in [0.4, 0.5) is 0 Å². The maximum Gasteiger partial charge on any atom is 0.258 e. The fourth-order valence-electron chi connectivity index (χ4n) is 3.88. The fourth-order valence-corrected chi connectivity index (χ4v) is 3.88. The van der Waals surface area contributed by atoms with E-state index in [1.165, 1.54) is 5.56 Å². The van der Waals surface area contributed by atoms with Crippen molar-refractivity contribution in [2.75, 3.05) is 13.1 Å². The molecule has 7 heteroatoms. The number of likely N-dealkylation sites (tertiary alicyclic amines) is 1. The number of imidazole rings is 1. The summed E-state index contributed by atoms with van der Waals surface area (Å²) in [6, 6.07) is 13.9. The normalized spacial score (nSPS) is 14.0. The number of amides is 1. The van der Waals surface area contributed by atoms with E-state index in [0.29, 0.717) is 24.7 Å². The van der Waals surface area contributed by atoms with E-state index in [2.05, 4.69) is 15.1 Å². The fraction of sp³-hybridized carbons (Fsp3) is 0.304. The highest BCUT2D eigenvalue weighted by Crippen LogP contribution is 2.25. The van der Waals surface area contributed by atoms with Gasteiger partial charge in [0, 0.05) is 37.2 Å². The van der Waals surface area contributed by atoms with Crippen molar-refractivity contribution in [1.82, 2.24) is 24.6 Å². The van der Waals surface area contributed by atoms with E-state index in [1.807, 2.05) is 58.9 Å². The second kappa shape index (κ2) is 7.74. The molecule has 0 unspecified atom stereocenters. The van der Waals surface area contributed by atoms with Gasteiger partial charge in [-0.05, 0) is 50.1 Å². The first-order chi connectivity index (χ1) is 14.7. The molecule has 1 saturated heterocycles. The third-order valence-electron chi connectivity index (χ3n) is 5.63. The molecular formula is C23H23N5O2. The van der Waals surface area contributed by atoms with Crippen LogP contribution < -0.4 is 0 Å². The number of carbonyl (C=O) groups is 1. The lowest BCUT2D eigenvalue weighted by Gasteiger charge is -2.15. The van der Waals surface area contributed by atoms with Gasteiger partial charge < -0.3 is 14.0 Å². The third kappa shape index (κ3) is 3.58. The number of aryl methyl sites for hydroxylation is 2. The summed E-state index contributed by atoms with van der Waals surface area (Å²) in [4.78, 5) is 23.3. The largest absolute Gasteiger partial charge is 0.343 e. The topological polar surface area (TPSA) is 77.1 Å². The molecule has 3 heterocycles. The van der Waals surface area contributed by atoms with Crippen LogP contribution in [0.15, 0.2) is 53.3 Å². The van der Waals surface area contributed by atoms with Gasteiger partial charge in [-0.3, -0.25) is 4.79 Å². The molecule has 0 atom stereocenters. The van der Waals surface area contributed by atoms with E-state index in [-0.39, 0.29) is 5.91 Å². The van der Waals surface area contributed by atoms with Crippen molar-refractivity contribution >= 4 is 16.9 Å². The van der Waals surface area contributed by atoms with Crippen LogP contribution in [0.1, 0.15) is 24.8 Å². The van der Waals surface area contributed by atoms with Gasteiger partial charge in [-0.1, -0.05) is 22.9 Å². The van der Waals surface area contributed by atoms with E-state index < -0.39 is 0 Å². The Morgan fingerprint density at radius 2 is 1.83 bits per heavy atom. The van der Waals surface area contributed by atoms with Gasteiger partial charge in [0.05, 0.1) is 17.4 Å². The van der Waals surface area contributed by atoms with Crippen LogP contribution in [0.2, 0.25) is 0 Å².